The van der Waals surface area contributed by atoms with Crippen LogP contribution in [-0.2, 0) is 0 Å². The van der Waals surface area contributed by atoms with Crippen molar-refractivity contribution < 1.29 is 0 Å². The molecule has 10 heavy (non-hydrogen) atoms. The summed E-state index contributed by atoms with van der Waals surface area (Å²) >= 11 is 0. The fourth-order valence-electron chi connectivity index (χ4n) is 0.798. The molecule has 0 fully saturated rings. The Morgan fingerprint density at radius 2 is 2.40 bits per heavy atom. The smallest absolute Gasteiger partial charge is 0.0890 e. The van der Waals surface area contributed by atoms with Gasteiger partial charge >= 0.3 is 0 Å². The lowest BCUT2D eigenvalue weighted by molar-refractivity contribution is 0.605. The summed E-state index contributed by atoms with van der Waals surface area (Å²) < 4.78 is 0. The van der Waals surface area contributed by atoms with E-state index in [0.717, 1.165) is 12.8 Å². The second-order valence-electron chi connectivity index (χ2n) is 2.30. The molecule has 1 atom stereocenters. The summed E-state index contributed by atoms with van der Waals surface area (Å²) in [4.78, 5) is 0. The van der Waals surface area contributed by atoms with Crippen LogP contribution in [0.3, 0.4) is 0 Å². The van der Waals surface area contributed by atoms with Crippen LogP contribution in [0.15, 0.2) is 25.1 Å². The van der Waals surface area contributed by atoms with Crippen molar-refractivity contribution in [3.05, 3.63) is 25.1 Å². The van der Waals surface area contributed by atoms with Crippen LogP contribution < -0.4 is 11.1 Å². The third-order valence-corrected chi connectivity index (χ3v) is 1.25. The molecule has 0 aromatic carbocycles. The molecule has 0 aliphatic rings. The van der Waals surface area contributed by atoms with Crippen molar-refractivity contribution >= 4 is 0 Å². The molecular weight excluding hydrogens is 124 g/mol. The number of hydrogen-bond acceptors (Lipinski definition) is 2. The highest BCUT2D eigenvalue weighted by Gasteiger charge is 1.99. The van der Waals surface area contributed by atoms with Crippen LogP contribution >= 0.6 is 0 Å². The van der Waals surface area contributed by atoms with E-state index >= 15 is 0 Å². The minimum atomic E-state index is 0.280. The SMILES string of the molecule is C=CC(CCC)NC(=C)N. The van der Waals surface area contributed by atoms with E-state index in [1.54, 1.807) is 0 Å². The Hall–Kier alpha value is -0.920. The summed E-state index contributed by atoms with van der Waals surface area (Å²) in [5.74, 6) is 0.512. The fraction of sp³-hybridized carbons (Fsp3) is 0.500. The number of rotatable bonds is 5. The van der Waals surface area contributed by atoms with Gasteiger partial charge in [-0.25, -0.2) is 0 Å². The molecule has 0 amide bonds. The van der Waals surface area contributed by atoms with Crippen molar-refractivity contribution in [3.8, 4) is 0 Å². The summed E-state index contributed by atoms with van der Waals surface area (Å²) in [5.41, 5.74) is 5.35. The highest BCUT2D eigenvalue weighted by molar-refractivity contribution is 4.94. The molecule has 2 nitrogen and oxygen atoms in total. The second-order valence-corrected chi connectivity index (χ2v) is 2.30. The Labute approximate surface area is 62.8 Å². The molecule has 0 aromatic heterocycles. The molecule has 58 valence electrons. The number of nitrogens with one attached hydrogen (secondary N) is 1. The molecule has 0 heterocycles. The molecule has 0 aromatic rings. The quantitative estimate of drug-likeness (QED) is 0.566. The normalized spacial score (nSPS) is 12.1. The predicted octanol–water partition coefficient (Wildman–Crippen LogP) is 1.36. The van der Waals surface area contributed by atoms with Crippen molar-refractivity contribution in [2.45, 2.75) is 25.8 Å². The van der Waals surface area contributed by atoms with E-state index < -0.39 is 0 Å². The Balaban J connectivity index is 3.59. The maximum Gasteiger partial charge on any atom is 0.0890 e. The van der Waals surface area contributed by atoms with Crippen molar-refractivity contribution in [1.82, 2.24) is 5.32 Å². The molecule has 2 heteroatoms. The zero-order chi connectivity index (χ0) is 7.98. The third-order valence-electron chi connectivity index (χ3n) is 1.25. The molecule has 0 rings (SSSR count). The highest BCUT2D eigenvalue weighted by atomic mass is 15.0. The van der Waals surface area contributed by atoms with Crippen LogP contribution in [0.5, 0.6) is 0 Å². The maximum absolute atomic E-state index is 5.35. The van der Waals surface area contributed by atoms with Gasteiger partial charge in [-0.05, 0) is 6.42 Å². The van der Waals surface area contributed by atoms with E-state index in [2.05, 4.69) is 25.4 Å². The highest BCUT2D eigenvalue weighted by Crippen LogP contribution is 1.97. The molecule has 0 aliphatic carbocycles. The second kappa shape index (κ2) is 4.91. The van der Waals surface area contributed by atoms with Crippen LogP contribution in [0.25, 0.3) is 0 Å². The maximum atomic E-state index is 5.35. The first kappa shape index (κ1) is 9.08. The van der Waals surface area contributed by atoms with Crippen molar-refractivity contribution in [2.24, 2.45) is 5.73 Å². The summed E-state index contributed by atoms with van der Waals surface area (Å²) in [6.45, 7) is 9.34. The van der Waals surface area contributed by atoms with Crippen LogP contribution in [0.1, 0.15) is 19.8 Å². The average molecular weight is 140 g/mol. The van der Waals surface area contributed by atoms with E-state index in [1.807, 2.05) is 6.08 Å². The van der Waals surface area contributed by atoms with Crippen LogP contribution in [0.4, 0.5) is 0 Å². The van der Waals surface area contributed by atoms with E-state index in [1.165, 1.54) is 0 Å². The topological polar surface area (TPSA) is 38.0 Å². The summed E-state index contributed by atoms with van der Waals surface area (Å²) in [6.07, 6.45) is 4.03. The standard InChI is InChI=1S/C8H16N2/c1-4-6-8(5-2)10-7(3)9/h5,8,10H,2-4,6,9H2,1H3. The van der Waals surface area contributed by atoms with E-state index in [-0.39, 0.29) is 6.04 Å². The van der Waals surface area contributed by atoms with Crippen LogP contribution in [-0.4, -0.2) is 6.04 Å². The lowest BCUT2D eigenvalue weighted by Crippen LogP contribution is -2.29. The van der Waals surface area contributed by atoms with Gasteiger partial charge in [-0.3, -0.25) is 0 Å². The lowest BCUT2D eigenvalue weighted by atomic mass is 10.2. The van der Waals surface area contributed by atoms with Crippen molar-refractivity contribution in [1.29, 1.82) is 0 Å². The van der Waals surface area contributed by atoms with Gasteiger partial charge in [-0.15, -0.1) is 6.58 Å². The molecule has 0 radical (unpaired) electrons. The minimum Gasteiger partial charge on any atom is -0.386 e. The van der Waals surface area contributed by atoms with E-state index in [4.69, 9.17) is 5.73 Å². The zero-order valence-corrected chi connectivity index (χ0v) is 6.56. The zero-order valence-electron chi connectivity index (χ0n) is 6.56. The fourth-order valence-corrected chi connectivity index (χ4v) is 0.798. The Morgan fingerprint density at radius 1 is 1.80 bits per heavy atom. The molecule has 0 bridgehead atoms. The summed E-state index contributed by atoms with van der Waals surface area (Å²) in [7, 11) is 0. The van der Waals surface area contributed by atoms with Gasteiger partial charge in [-0.2, -0.15) is 0 Å². The lowest BCUT2D eigenvalue weighted by Gasteiger charge is -2.13. The molecule has 0 aliphatic heterocycles. The number of nitrogens with two attached hydrogens (primary N) is 1. The van der Waals surface area contributed by atoms with Crippen LogP contribution in [0.2, 0.25) is 0 Å². The molecular formula is C8H16N2. The molecule has 0 saturated heterocycles. The molecule has 0 spiro atoms. The molecule has 0 saturated carbocycles. The predicted molar refractivity (Wildman–Crippen MR) is 45.4 cm³/mol. The monoisotopic (exact) mass is 140 g/mol. The third kappa shape index (κ3) is 4.01. The van der Waals surface area contributed by atoms with E-state index in [9.17, 15) is 0 Å². The minimum absolute atomic E-state index is 0.280. The van der Waals surface area contributed by atoms with Gasteiger partial charge in [0.25, 0.3) is 0 Å². The van der Waals surface area contributed by atoms with Gasteiger partial charge in [0.1, 0.15) is 0 Å². The Morgan fingerprint density at radius 3 is 2.70 bits per heavy atom. The molecule has 3 N–H and O–H groups in total. The average Bonchev–Trinajstić information content (AvgIpc) is 1.86. The summed E-state index contributed by atoms with van der Waals surface area (Å²) in [5, 5.41) is 3.00. The Bertz CT molecular complexity index is 118. The molecule has 1 unspecified atom stereocenters. The summed E-state index contributed by atoms with van der Waals surface area (Å²) in [6, 6.07) is 0.280. The van der Waals surface area contributed by atoms with Gasteiger partial charge in [-0.1, -0.05) is 26.0 Å². The van der Waals surface area contributed by atoms with Gasteiger partial charge in [0, 0.05) is 6.04 Å². The number of hydrogen-bond donors (Lipinski definition) is 2. The first-order valence-corrected chi connectivity index (χ1v) is 3.54. The van der Waals surface area contributed by atoms with Gasteiger partial charge in [0.15, 0.2) is 0 Å². The van der Waals surface area contributed by atoms with Gasteiger partial charge in [0.2, 0.25) is 0 Å². The first-order valence-electron chi connectivity index (χ1n) is 3.54. The largest absolute Gasteiger partial charge is 0.386 e. The Kier molecular flexibility index (Phi) is 4.46. The first-order chi connectivity index (χ1) is 4.70. The van der Waals surface area contributed by atoms with Gasteiger partial charge < -0.3 is 11.1 Å². The van der Waals surface area contributed by atoms with Crippen molar-refractivity contribution in [2.75, 3.05) is 0 Å². The van der Waals surface area contributed by atoms with Gasteiger partial charge in [0.05, 0.1) is 5.82 Å². The van der Waals surface area contributed by atoms with E-state index in [0.29, 0.717) is 5.82 Å². The van der Waals surface area contributed by atoms with Crippen LogP contribution in [0, 0.1) is 0 Å². The van der Waals surface area contributed by atoms with Crippen molar-refractivity contribution in [3.63, 3.8) is 0 Å².